The summed E-state index contributed by atoms with van der Waals surface area (Å²) < 4.78 is 71.2. The molecule has 216 valence electrons. The number of carbonyl (C=O) groups is 2. The number of alkyl halides is 1. The molecule has 0 aromatic heterocycles. The zero-order valence-electron chi connectivity index (χ0n) is 21.2. The molecule has 0 bridgehead atoms. The number of benzene rings is 2. The van der Waals surface area contributed by atoms with Crippen molar-refractivity contribution in [3.05, 3.63) is 46.4 Å². The third kappa shape index (κ3) is 10.0. The summed E-state index contributed by atoms with van der Waals surface area (Å²) >= 11 is 18.2. The maximum Gasteiger partial charge on any atom is 0.303 e. The van der Waals surface area contributed by atoms with E-state index in [0.717, 1.165) is 6.92 Å². The molecule has 0 saturated carbocycles. The number of ether oxygens (including phenoxy) is 4. The SMILES string of the molecule is CCS(=O)(=O)C[C@H](COc1ccc(S(=O)(=O)c2cc(Cl)c(OC[C@H](CCl)OC(C)=O)c(Cl)c2)cc1)OC(C)=O. The van der Waals surface area contributed by atoms with Crippen LogP contribution in [0.1, 0.15) is 20.8 Å². The Labute approximate surface area is 242 Å². The van der Waals surface area contributed by atoms with Crippen LogP contribution >= 0.6 is 34.8 Å². The van der Waals surface area contributed by atoms with Crippen LogP contribution < -0.4 is 9.47 Å². The van der Waals surface area contributed by atoms with E-state index >= 15 is 0 Å². The molecule has 2 aromatic carbocycles. The second-order valence-corrected chi connectivity index (χ2v) is 13.6. The molecule has 10 nitrogen and oxygen atoms in total. The van der Waals surface area contributed by atoms with Crippen molar-refractivity contribution in [2.24, 2.45) is 0 Å². The van der Waals surface area contributed by atoms with Crippen molar-refractivity contribution in [2.45, 2.75) is 42.8 Å². The predicted molar refractivity (Wildman–Crippen MR) is 146 cm³/mol. The van der Waals surface area contributed by atoms with Gasteiger partial charge in [0.25, 0.3) is 0 Å². The highest BCUT2D eigenvalue weighted by Crippen LogP contribution is 2.37. The van der Waals surface area contributed by atoms with Crippen LogP contribution in [0.2, 0.25) is 10.0 Å². The summed E-state index contributed by atoms with van der Waals surface area (Å²) in [5.41, 5.74) is 0. The van der Waals surface area contributed by atoms with Gasteiger partial charge in [-0.25, -0.2) is 16.8 Å². The molecule has 0 N–H and O–H groups in total. The Balaban J connectivity index is 2.17. The van der Waals surface area contributed by atoms with E-state index in [4.69, 9.17) is 53.8 Å². The molecular weight excluding hydrogens is 619 g/mol. The lowest BCUT2D eigenvalue weighted by Crippen LogP contribution is -2.32. The van der Waals surface area contributed by atoms with Crippen LogP contribution in [0, 0.1) is 0 Å². The molecule has 0 amide bonds. The van der Waals surface area contributed by atoms with E-state index in [1.165, 1.54) is 50.2 Å². The van der Waals surface area contributed by atoms with Crippen LogP contribution in [0.15, 0.2) is 46.2 Å². The molecule has 2 atom stereocenters. The fourth-order valence-electron chi connectivity index (χ4n) is 3.14. The van der Waals surface area contributed by atoms with Crippen LogP contribution in [0.3, 0.4) is 0 Å². The van der Waals surface area contributed by atoms with Crippen molar-refractivity contribution in [3.8, 4) is 11.5 Å². The molecule has 0 radical (unpaired) electrons. The van der Waals surface area contributed by atoms with Gasteiger partial charge < -0.3 is 18.9 Å². The number of esters is 2. The van der Waals surface area contributed by atoms with Crippen molar-refractivity contribution in [1.82, 2.24) is 0 Å². The number of halogens is 3. The summed E-state index contributed by atoms with van der Waals surface area (Å²) in [6, 6.07) is 7.64. The number of carbonyl (C=O) groups excluding carboxylic acids is 2. The highest BCUT2D eigenvalue weighted by atomic mass is 35.5. The average Bonchev–Trinajstić information content (AvgIpc) is 2.85. The van der Waals surface area contributed by atoms with Gasteiger partial charge >= 0.3 is 11.9 Å². The van der Waals surface area contributed by atoms with Gasteiger partial charge in [-0.15, -0.1) is 11.6 Å². The Hall–Kier alpha value is -2.25. The topological polar surface area (TPSA) is 139 Å². The van der Waals surface area contributed by atoms with E-state index in [0.29, 0.717) is 0 Å². The minimum Gasteiger partial charge on any atom is -0.490 e. The van der Waals surface area contributed by atoms with Crippen LogP contribution in [0.5, 0.6) is 11.5 Å². The number of hydrogen-bond acceptors (Lipinski definition) is 10. The van der Waals surface area contributed by atoms with Crippen LogP contribution in [-0.2, 0) is 38.7 Å². The molecular formula is C24H27Cl3O10S2. The molecule has 0 heterocycles. The highest BCUT2D eigenvalue weighted by molar-refractivity contribution is 7.91. The van der Waals surface area contributed by atoms with Crippen LogP contribution in [0.25, 0.3) is 0 Å². The van der Waals surface area contributed by atoms with Crippen molar-refractivity contribution in [2.75, 3.05) is 30.6 Å². The van der Waals surface area contributed by atoms with Gasteiger partial charge in [0.1, 0.15) is 31.2 Å². The Kier molecular flexibility index (Phi) is 12.2. The van der Waals surface area contributed by atoms with Crippen LogP contribution in [0.4, 0.5) is 0 Å². The van der Waals surface area contributed by atoms with Crippen LogP contribution in [-0.4, -0.2) is 71.6 Å². The molecule has 0 unspecified atom stereocenters. The van der Waals surface area contributed by atoms with Crippen molar-refractivity contribution in [1.29, 1.82) is 0 Å². The van der Waals surface area contributed by atoms with E-state index in [1.807, 2.05) is 0 Å². The van der Waals surface area contributed by atoms with E-state index in [-0.39, 0.29) is 56.2 Å². The molecule has 39 heavy (non-hydrogen) atoms. The molecule has 0 fully saturated rings. The zero-order valence-corrected chi connectivity index (χ0v) is 25.1. The first kappa shape index (κ1) is 33.0. The lowest BCUT2D eigenvalue weighted by atomic mass is 10.3. The molecule has 2 rings (SSSR count). The molecule has 0 aliphatic carbocycles. The van der Waals surface area contributed by atoms with Crippen molar-refractivity contribution >= 4 is 66.4 Å². The molecule has 15 heteroatoms. The summed E-state index contributed by atoms with van der Waals surface area (Å²) in [7, 11) is -7.51. The maximum absolute atomic E-state index is 13.2. The summed E-state index contributed by atoms with van der Waals surface area (Å²) in [5.74, 6) is -1.56. The monoisotopic (exact) mass is 644 g/mol. The minimum atomic E-state index is -4.06. The summed E-state index contributed by atoms with van der Waals surface area (Å²) in [4.78, 5) is 22.2. The van der Waals surface area contributed by atoms with E-state index in [1.54, 1.807) is 0 Å². The lowest BCUT2D eigenvalue weighted by molar-refractivity contribution is -0.147. The second kappa shape index (κ2) is 14.4. The second-order valence-electron chi connectivity index (χ2n) is 8.13. The fraction of sp³-hybridized carbons (Fsp3) is 0.417. The Morgan fingerprint density at radius 1 is 0.821 bits per heavy atom. The quantitative estimate of drug-likeness (QED) is 0.218. The van der Waals surface area contributed by atoms with Crippen molar-refractivity contribution in [3.63, 3.8) is 0 Å². The lowest BCUT2D eigenvalue weighted by Gasteiger charge is -2.18. The van der Waals surface area contributed by atoms with Gasteiger partial charge in [-0.3, -0.25) is 9.59 Å². The predicted octanol–water partition coefficient (Wildman–Crippen LogP) is 4.12. The van der Waals surface area contributed by atoms with Gasteiger partial charge in [-0.2, -0.15) is 0 Å². The third-order valence-electron chi connectivity index (χ3n) is 4.98. The van der Waals surface area contributed by atoms with Gasteiger partial charge in [0.05, 0.1) is 31.5 Å². The summed E-state index contributed by atoms with van der Waals surface area (Å²) in [6.45, 7) is 3.45. The highest BCUT2D eigenvalue weighted by Gasteiger charge is 2.24. The third-order valence-corrected chi connectivity index (χ3v) is 9.40. The summed E-state index contributed by atoms with van der Waals surface area (Å²) in [6.07, 6.45) is -1.80. The Bertz CT molecular complexity index is 1350. The molecule has 0 aliphatic heterocycles. The Morgan fingerprint density at radius 2 is 1.33 bits per heavy atom. The first-order valence-electron chi connectivity index (χ1n) is 11.4. The Morgan fingerprint density at radius 3 is 1.82 bits per heavy atom. The van der Waals surface area contributed by atoms with Gasteiger partial charge in [-0.05, 0) is 36.4 Å². The molecule has 0 spiro atoms. The molecule has 0 saturated heterocycles. The number of sulfone groups is 2. The van der Waals surface area contributed by atoms with Gasteiger partial charge in [0, 0.05) is 19.6 Å². The maximum atomic E-state index is 13.2. The first-order chi connectivity index (χ1) is 18.2. The van der Waals surface area contributed by atoms with Gasteiger partial charge in [0.15, 0.2) is 15.6 Å². The minimum absolute atomic E-state index is 0.00396. The van der Waals surface area contributed by atoms with E-state index < -0.39 is 49.6 Å². The normalized spacial score (nSPS) is 13.3. The summed E-state index contributed by atoms with van der Waals surface area (Å²) in [5, 5.41) is -0.175. The van der Waals surface area contributed by atoms with Gasteiger partial charge in [0.2, 0.25) is 9.84 Å². The van der Waals surface area contributed by atoms with E-state index in [2.05, 4.69) is 0 Å². The smallest absolute Gasteiger partial charge is 0.303 e. The van der Waals surface area contributed by atoms with Crippen molar-refractivity contribution < 1.29 is 45.4 Å². The zero-order chi connectivity index (χ0) is 29.4. The number of rotatable bonds is 14. The average molecular weight is 646 g/mol. The largest absolute Gasteiger partial charge is 0.490 e. The van der Waals surface area contributed by atoms with Gasteiger partial charge in [-0.1, -0.05) is 30.1 Å². The standard InChI is InChI=1S/C24H27Cl3O10S2/c1-4-38(30,31)14-19(37-16(3)29)13-34-17-5-7-20(8-6-17)39(32,33)21-9-22(26)24(23(27)10-21)35-12-18(11-25)36-15(2)28/h5-10,18-19H,4,11-14H2,1-3H3/t18-,19-/m0/s1. The molecule has 2 aromatic rings. The first-order valence-corrected chi connectivity index (χ1v) is 16.0. The fourth-order valence-corrected chi connectivity index (χ4v) is 6.30. The van der Waals surface area contributed by atoms with E-state index in [9.17, 15) is 26.4 Å². The molecule has 0 aliphatic rings. The number of hydrogen-bond donors (Lipinski definition) is 0.